The minimum Gasteiger partial charge on any atom is -0.336 e. The van der Waals surface area contributed by atoms with Crippen LogP contribution in [0.15, 0.2) is 29.7 Å². The molecule has 1 aliphatic rings. The molecule has 0 unspecified atom stereocenters. The van der Waals surface area contributed by atoms with Gasteiger partial charge in [-0.3, -0.25) is 9.59 Å². The third-order valence-corrected chi connectivity index (χ3v) is 5.93. The smallest absolute Gasteiger partial charge is 0.270 e. The molecule has 1 aliphatic heterocycles. The molecule has 2 amide bonds. The number of fused-ring (bicyclic) bond motifs is 1. The lowest BCUT2D eigenvalue weighted by Crippen LogP contribution is -2.55. The van der Waals surface area contributed by atoms with Gasteiger partial charge in [0.25, 0.3) is 5.91 Å². The van der Waals surface area contributed by atoms with E-state index < -0.39 is 0 Å². The average Bonchev–Trinajstić information content (AvgIpc) is 3.20. The van der Waals surface area contributed by atoms with E-state index in [1.807, 2.05) is 41.9 Å². The molecule has 1 saturated heterocycles. The summed E-state index contributed by atoms with van der Waals surface area (Å²) in [5.41, 5.74) is 0.720. The number of hydrogen-bond donors (Lipinski definition) is 0. The van der Waals surface area contributed by atoms with Crippen LogP contribution in [0, 0.1) is 0 Å². The zero-order chi connectivity index (χ0) is 18.7. The summed E-state index contributed by atoms with van der Waals surface area (Å²) in [6.45, 7) is 6.32. The molecule has 0 saturated carbocycles. The van der Waals surface area contributed by atoms with Gasteiger partial charge in [0.1, 0.15) is 10.5 Å². The third-order valence-electron chi connectivity index (χ3n) is 4.79. The van der Waals surface area contributed by atoms with Crippen LogP contribution in [0.25, 0.3) is 10.2 Å². The van der Waals surface area contributed by atoms with E-state index in [9.17, 15) is 9.59 Å². The van der Waals surface area contributed by atoms with Gasteiger partial charge in [0.05, 0.1) is 0 Å². The number of aromatic nitrogens is 1. The number of amides is 2. The topological polar surface area (TPSA) is 45.6 Å². The van der Waals surface area contributed by atoms with Crippen LogP contribution in [0.2, 0.25) is 0 Å². The van der Waals surface area contributed by atoms with E-state index in [1.165, 1.54) is 0 Å². The predicted octanol–water partition coefficient (Wildman–Crippen LogP) is 3.58. The second-order valence-electron chi connectivity index (χ2n) is 6.52. The second-order valence-corrected chi connectivity index (χ2v) is 7.79. The average molecular weight is 394 g/mol. The number of carbonyl (C=O) groups is 2. The quantitative estimate of drug-likeness (QED) is 0.575. The minimum absolute atomic E-state index is 0.00323. The first-order valence-electron chi connectivity index (χ1n) is 8.89. The molecule has 1 fully saturated rings. The number of halogens is 1. The van der Waals surface area contributed by atoms with Gasteiger partial charge in [-0.2, -0.15) is 0 Å². The Morgan fingerprint density at radius 3 is 2.88 bits per heavy atom. The van der Waals surface area contributed by atoms with Crippen LogP contribution < -0.4 is 0 Å². The zero-order valence-electron chi connectivity index (χ0n) is 15.2. The Hall–Kier alpha value is -1.79. The highest BCUT2D eigenvalue weighted by Gasteiger charge is 2.31. The van der Waals surface area contributed by atoms with Crippen molar-refractivity contribution in [1.82, 2.24) is 14.4 Å². The zero-order valence-corrected chi connectivity index (χ0v) is 16.7. The van der Waals surface area contributed by atoms with Gasteiger partial charge in [0, 0.05) is 49.9 Å². The number of hydrogen-bond acceptors (Lipinski definition) is 3. The summed E-state index contributed by atoms with van der Waals surface area (Å²) in [7, 11) is 0. The Kier molecular flexibility index (Phi) is 6.04. The number of piperazine rings is 1. The first kappa shape index (κ1) is 19.0. The van der Waals surface area contributed by atoms with Crippen molar-refractivity contribution in [1.29, 1.82) is 0 Å². The molecule has 0 aromatic carbocycles. The van der Waals surface area contributed by atoms with Gasteiger partial charge in [-0.1, -0.05) is 12.2 Å². The molecule has 140 valence electrons. The van der Waals surface area contributed by atoms with E-state index in [0.29, 0.717) is 38.5 Å². The van der Waals surface area contributed by atoms with Crippen LogP contribution in [-0.2, 0) is 11.3 Å². The van der Waals surface area contributed by atoms with Crippen molar-refractivity contribution in [2.75, 3.05) is 25.5 Å². The van der Waals surface area contributed by atoms with Gasteiger partial charge >= 0.3 is 0 Å². The van der Waals surface area contributed by atoms with Crippen molar-refractivity contribution < 1.29 is 9.59 Å². The first-order chi connectivity index (χ1) is 12.6. The summed E-state index contributed by atoms with van der Waals surface area (Å²) in [4.78, 5) is 30.1. The van der Waals surface area contributed by atoms with Crippen molar-refractivity contribution in [3.05, 3.63) is 35.4 Å². The normalized spacial score (nSPS) is 18.2. The largest absolute Gasteiger partial charge is 0.336 e. The maximum Gasteiger partial charge on any atom is 0.270 e. The van der Waals surface area contributed by atoms with Gasteiger partial charge in [0.2, 0.25) is 5.91 Å². The number of carbonyl (C=O) groups excluding carboxylic acids is 2. The lowest BCUT2D eigenvalue weighted by atomic mass is 10.1. The molecule has 1 atom stereocenters. The van der Waals surface area contributed by atoms with Gasteiger partial charge in [-0.05, 0) is 31.4 Å². The first-order valence-corrected chi connectivity index (χ1v) is 10.3. The third kappa shape index (κ3) is 3.67. The van der Waals surface area contributed by atoms with Gasteiger partial charge in [-0.15, -0.1) is 22.9 Å². The molecule has 7 heteroatoms. The SMILES string of the molecule is C/C=C\Cn1c(C(=O)N2CCN(C(=O)CCCl)[C@@H](C)C2)cc2ccsc21. The highest BCUT2D eigenvalue weighted by molar-refractivity contribution is 7.16. The van der Waals surface area contributed by atoms with E-state index >= 15 is 0 Å². The summed E-state index contributed by atoms with van der Waals surface area (Å²) in [5.74, 6) is 0.436. The molecule has 2 aromatic rings. The predicted molar refractivity (Wildman–Crippen MR) is 107 cm³/mol. The Balaban J connectivity index is 1.79. The second kappa shape index (κ2) is 8.27. The lowest BCUT2D eigenvalue weighted by molar-refractivity contribution is -0.134. The van der Waals surface area contributed by atoms with E-state index in [4.69, 9.17) is 11.6 Å². The van der Waals surface area contributed by atoms with Crippen molar-refractivity contribution >= 4 is 45.0 Å². The Morgan fingerprint density at radius 1 is 1.38 bits per heavy atom. The molecule has 0 spiro atoms. The fraction of sp³-hybridized carbons (Fsp3) is 0.474. The number of alkyl halides is 1. The molecule has 0 bridgehead atoms. The maximum absolute atomic E-state index is 13.2. The molecule has 0 radical (unpaired) electrons. The minimum atomic E-state index is 0.00323. The maximum atomic E-state index is 13.2. The summed E-state index contributed by atoms with van der Waals surface area (Å²) in [6.07, 6.45) is 4.40. The molecule has 3 rings (SSSR count). The van der Waals surface area contributed by atoms with Gasteiger partial charge in [0.15, 0.2) is 0 Å². The standard InChI is InChI=1S/C19H24ClN3O2S/c1-3-4-8-23-16(12-15-6-11-26-19(15)23)18(25)21-9-10-22(14(2)13-21)17(24)5-7-20/h3-4,6,11-12,14H,5,7-10,13H2,1-2H3/b4-3-/t14-/m0/s1. The van der Waals surface area contributed by atoms with Crippen LogP contribution in [0.1, 0.15) is 30.8 Å². The molecule has 26 heavy (non-hydrogen) atoms. The molecule has 5 nitrogen and oxygen atoms in total. The molecular formula is C19H24ClN3O2S. The Labute approximate surface area is 162 Å². The van der Waals surface area contributed by atoms with E-state index in [0.717, 1.165) is 15.9 Å². The number of nitrogens with zero attached hydrogens (tertiary/aromatic N) is 3. The highest BCUT2D eigenvalue weighted by Crippen LogP contribution is 2.27. The van der Waals surface area contributed by atoms with Crippen molar-refractivity contribution in [3.8, 4) is 0 Å². The molecular weight excluding hydrogens is 370 g/mol. The number of rotatable bonds is 5. The van der Waals surface area contributed by atoms with Crippen molar-refractivity contribution in [2.24, 2.45) is 0 Å². The van der Waals surface area contributed by atoms with Crippen LogP contribution in [0.3, 0.4) is 0 Å². The van der Waals surface area contributed by atoms with Gasteiger partial charge in [-0.25, -0.2) is 0 Å². The molecule has 3 heterocycles. The molecule has 2 aromatic heterocycles. The Morgan fingerprint density at radius 2 is 2.19 bits per heavy atom. The van der Waals surface area contributed by atoms with Crippen LogP contribution in [-0.4, -0.2) is 57.7 Å². The van der Waals surface area contributed by atoms with Gasteiger partial charge < -0.3 is 14.4 Å². The lowest BCUT2D eigenvalue weighted by Gasteiger charge is -2.40. The monoisotopic (exact) mass is 393 g/mol. The summed E-state index contributed by atoms with van der Waals surface area (Å²) in [6, 6.07) is 4.03. The fourth-order valence-electron chi connectivity index (χ4n) is 3.44. The molecule has 0 N–H and O–H groups in total. The van der Waals surface area contributed by atoms with Crippen molar-refractivity contribution in [3.63, 3.8) is 0 Å². The van der Waals surface area contributed by atoms with E-state index in [1.54, 1.807) is 11.3 Å². The summed E-state index contributed by atoms with van der Waals surface area (Å²) >= 11 is 7.34. The van der Waals surface area contributed by atoms with Crippen LogP contribution in [0.4, 0.5) is 0 Å². The van der Waals surface area contributed by atoms with E-state index in [2.05, 4.69) is 16.0 Å². The van der Waals surface area contributed by atoms with E-state index in [-0.39, 0.29) is 17.9 Å². The highest BCUT2D eigenvalue weighted by atomic mass is 35.5. The van der Waals surface area contributed by atoms with Crippen LogP contribution in [0.5, 0.6) is 0 Å². The Bertz CT molecular complexity index is 826. The fourth-order valence-corrected chi connectivity index (χ4v) is 4.51. The van der Waals surface area contributed by atoms with Crippen LogP contribution >= 0.6 is 22.9 Å². The number of allylic oxidation sites excluding steroid dienone is 2. The summed E-state index contributed by atoms with van der Waals surface area (Å²) < 4.78 is 2.08. The number of thiophene rings is 1. The summed E-state index contributed by atoms with van der Waals surface area (Å²) in [5, 5.41) is 3.15. The molecule has 0 aliphatic carbocycles. The van der Waals surface area contributed by atoms with Crippen molar-refractivity contribution in [2.45, 2.75) is 32.9 Å².